The number of halogens is 1. The first-order chi connectivity index (χ1) is 18.0. The van der Waals surface area contributed by atoms with Crippen LogP contribution in [0.1, 0.15) is 22.5 Å². The number of nitrogens with one attached hydrogen (secondary N) is 2. The maximum Gasteiger partial charge on any atom is 0.267 e. The number of methoxy groups -OCH3 is 1. The number of morpholine rings is 1. The average molecular weight is 568 g/mol. The summed E-state index contributed by atoms with van der Waals surface area (Å²) < 4.78 is 17.5. The number of amides is 2. The largest absolute Gasteiger partial charge is 0.497 e. The summed E-state index contributed by atoms with van der Waals surface area (Å²) in [6.07, 6.45) is 2.33. The molecule has 1 aliphatic heterocycles. The Bertz CT molecular complexity index is 1220. The molecule has 2 heterocycles. The number of carbonyl (C=O) groups is 2. The standard InChI is InChI=1S/C28H30BrN3O5/c1-35-23-9-5-21(6-10-23)27(33)31-25(28(34)30-13-2-14-32-15-17-36-18-16-32)19-24-11-12-26(37-24)20-3-7-22(29)8-4-20/h3-12,19H,2,13-18H2,1H3,(H,30,34)(H,31,33). The predicted molar refractivity (Wildman–Crippen MR) is 145 cm³/mol. The molecule has 0 saturated carbocycles. The number of nitrogens with zero attached hydrogens (tertiary/aromatic N) is 1. The Morgan fingerprint density at radius 1 is 1.03 bits per heavy atom. The first-order valence-corrected chi connectivity index (χ1v) is 12.9. The molecule has 3 aromatic rings. The Labute approximate surface area is 224 Å². The minimum Gasteiger partial charge on any atom is -0.497 e. The zero-order valence-electron chi connectivity index (χ0n) is 20.7. The number of furan rings is 1. The van der Waals surface area contributed by atoms with Crippen LogP contribution in [-0.4, -0.2) is 63.2 Å². The molecule has 2 aromatic carbocycles. The molecule has 1 aromatic heterocycles. The number of hydrogen-bond acceptors (Lipinski definition) is 6. The summed E-state index contributed by atoms with van der Waals surface area (Å²) in [5.74, 6) is 0.959. The smallest absolute Gasteiger partial charge is 0.267 e. The minimum absolute atomic E-state index is 0.101. The molecular formula is C28H30BrN3O5. The van der Waals surface area contributed by atoms with E-state index in [2.05, 4.69) is 31.5 Å². The average Bonchev–Trinajstić information content (AvgIpc) is 3.40. The van der Waals surface area contributed by atoms with Gasteiger partial charge in [0, 0.05) is 41.3 Å². The number of rotatable bonds is 10. The lowest BCUT2D eigenvalue weighted by Gasteiger charge is -2.26. The molecule has 0 aliphatic carbocycles. The quantitative estimate of drug-likeness (QED) is 0.280. The summed E-state index contributed by atoms with van der Waals surface area (Å²) in [4.78, 5) is 28.3. The maximum absolute atomic E-state index is 13.1. The van der Waals surface area contributed by atoms with Gasteiger partial charge in [0.2, 0.25) is 0 Å². The Hall–Kier alpha value is -3.40. The van der Waals surface area contributed by atoms with Crippen molar-refractivity contribution < 1.29 is 23.5 Å². The lowest BCUT2D eigenvalue weighted by Crippen LogP contribution is -2.39. The van der Waals surface area contributed by atoms with Gasteiger partial charge in [-0.1, -0.05) is 28.1 Å². The van der Waals surface area contributed by atoms with Gasteiger partial charge in [-0.3, -0.25) is 14.5 Å². The zero-order chi connectivity index (χ0) is 26.0. The third-order valence-electron chi connectivity index (χ3n) is 5.93. The SMILES string of the molecule is COc1ccc(C(=O)NC(=Cc2ccc(-c3ccc(Br)cc3)o2)C(=O)NCCCN2CCOCC2)cc1. The monoisotopic (exact) mass is 567 g/mol. The number of hydrogen-bond donors (Lipinski definition) is 2. The van der Waals surface area contributed by atoms with Crippen molar-refractivity contribution >= 4 is 33.8 Å². The van der Waals surface area contributed by atoms with E-state index in [0.29, 0.717) is 29.4 Å². The van der Waals surface area contributed by atoms with Crippen LogP contribution in [0.2, 0.25) is 0 Å². The van der Waals surface area contributed by atoms with Gasteiger partial charge in [0.1, 0.15) is 23.0 Å². The molecule has 194 valence electrons. The Balaban J connectivity index is 1.46. The van der Waals surface area contributed by atoms with Gasteiger partial charge in [0.15, 0.2) is 0 Å². The van der Waals surface area contributed by atoms with Crippen LogP contribution in [0.4, 0.5) is 0 Å². The van der Waals surface area contributed by atoms with E-state index in [0.717, 1.165) is 49.3 Å². The van der Waals surface area contributed by atoms with Crippen molar-refractivity contribution in [2.24, 2.45) is 0 Å². The van der Waals surface area contributed by atoms with E-state index in [1.807, 2.05) is 30.3 Å². The highest BCUT2D eigenvalue weighted by Crippen LogP contribution is 2.25. The Kier molecular flexibility index (Phi) is 9.53. The van der Waals surface area contributed by atoms with Gasteiger partial charge in [-0.05, 0) is 61.5 Å². The number of carbonyl (C=O) groups excluding carboxylic acids is 2. The number of ether oxygens (including phenoxy) is 2. The van der Waals surface area contributed by atoms with Crippen LogP contribution in [0.3, 0.4) is 0 Å². The molecule has 8 nitrogen and oxygen atoms in total. The van der Waals surface area contributed by atoms with E-state index in [4.69, 9.17) is 13.9 Å². The lowest BCUT2D eigenvalue weighted by atomic mass is 10.2. The van der Waals surface area contributed by atoms with Crippen LogP contribution in [0, 0.1) is 0 Å². The molecule has 1 saturated heterocycles. The first-order valence-electron chi connectivity index (χ1n) is 12.1. The summed E-state index contributed by atoms with van der Waals surface area (Å²) >= 11 is 3.43. The summed E-state index contributed by atoms with van der Waals surface area (Å²) in [7, 11) is 1.56. The highest BCUT2D eigenvalue weighted by Gasteiger charge is 2.16. The van der Waals surface area contributed by atoms with E-state index >= 15 is 0 Å². The summed E-state index contributed by atoms with van der Waals surface area (Å²) in [6, 6.07) is 18.0. The van der Waals surface area contributed by atoms with Gasteiger partial charge >= 0.3 is 0 Å². The third-order valence-corrected chi connectivity index (χ3v) is 6.46. The molecular weight excluding hydrogens is 538 g/mol. The van der Waals surface area contributed by atoms with Crippen molar-refractivity contribution in [2.45, 2.75) is 6.42 Å². The van der Waals surface area contributed by atoms with Gasteiger partial charge in [-0.15, -0.1) is 0 Å². The second-order valence-electron chi connectivity index (χ2n) is 8.51. The van der Waals surface area contributed by atoms with E-state index in [-0.39, 0.29) is 11.6 Å². The normalized spacial score (nSPS) is 14.3. The molecule has 0 bridgehead atoms. The molecule has 0 radical (unpaired) electrons. The van der Waals surface area contributed by atoms with Crippen molar-refractivity contribution in [3.63, 3.8) is 0 Å². The van der Waals surface area contributed by atoms with Crippen LogP contribution in [-0.2, 0) is 9.53 Å². The van der Waals surface area contributed by atoms with Crippen LogP contribution in [0.5, 0.6) is 5.75 Å². The molecule has 2 N–H and O–H groups in total. The van der Waals surface area contributed by atoms with E-state index in [9.17, 15) is 9.59 Å². The van der Waals surface area contributed by atoms with E-state index in [1.54, 1.807) is 43.5 Å². The fourth-order valence-electron chi connectivity index (χ4n) is 3.86. The van der Waals surface area contributed by atoms with Crippen LogP contribution < -0.4 is 15.4 Å². The maximum atomic E-state index is 13.1. The molecule has 1 fully saturated rings. The number of benzene rings is 2. The second-order valence-corrected chi connectivity index (χ2v) is 9.43. The van der Waals surface area contributed by atoms with E-state index in [1.165, 1.54) is 0 Å². The Morgan fingerprint density at radius 3 is 2.46 bits per heavy atom. The summed E-state index contributed by atoms with van der Waals surface area (Å²) in [5.41, 5.74) is 1.41. The molecule has 37 heavy (non-hydrogen) atoms. The molecule has 0 atom stereocenters. The van der Waals surface area contributed by atoms with Crippen molar-refractivity contribution in [1.29, 1.82) is 0 Å². The molecule has 1 aliphatic rings. The Morgan fingerprint density at radius 2 is 1.76 bits per heavy atom. The highest BCUT2D eigenvalue weighted by atomic mass is 79.9. The molecule has 4 rings (SSSR count). The van der Waals surface area contributed by atoms with Crippen molar-refractivity contribution in [3.05, 3.63) is 82.2 Å². The molecule has 2 amide bonds. The molecule has 0 spiro atoms. The van der Waals surface area contributed by atoms with Crippen molar-refractivity contribution in [1.82, 2.24) is 15.5 Å². The summed E-state index contributed by atoms with van der Waals surface area (Å²) in [6.45, 7) is 4.63. The van der Waals surface area contributed by atoms with Crippen LogP contribution in [0.25, 0.3) is 17.4 Å². The molecule has 9 heteroatoms. The van der Waals surface area contributed by atoms with Gasteiger partial charge in [0.05, 0.1) is 20.3 Å². The molecule has 0 unspecified atom stereocenters. The fraction of sp³-hybridized carbons (Fsp3) is 0.286. The van der Waals surface area contributed by atoms with Crippen LogP contribution >= 0.6 is 15.9 Å². The van der Waals surface area contributed by atoms with Gasteiger partial charge in [0.25, 0.3) is 11.8 Å². The fourth-order valence-corrected chi connectivity index (χ4v) is 4.13. The first kappa shape index (κ1) is 26.7. The topological polar surface area (TPSA) is 93.0 Å². The van der Waals surface area contributed by atoms with Gasteiger partial charge < -0.3 is 24.5 Å². The third kappa shape index (κ3) is 7.79. The predicted octanol–water partition coefficient (Wildman–Crippen LogP) is 4.33. The van der Waals surface area contributed by atoms with Crippen LogP contribution in [0.15, 0.2) is 75.3 Å². The highest BCUT2D eigenvalue weighted by molar-refractivity contribution is 9.10. The zero-order valence-corrected chi connectivity index (χ0v) is 22.3. The minimum atomic E-state index is -0.406. The van der Waals surface area contributed by atoms with Crippen molar-refractivity contribution in [2.75, 3.05) is 46.5 Å². The van der Waals surface area contributed by atoms with Gasteiger partial charge in [-0.25, -0.2) is 0 Å². The van der Waals surface area contributed by atoms with E-state index < -0.39 is 5.91 Å². The van der Waals surface area contributed by atoms with Crippen molar-refractivity contribution in [3.8, 4) is 17.1 Å². The summed E-state index contributed by atoms with van der Waals surface area (Å²) in [5, 5.41) is 5.66. The van der Waals surface area contributed by atoms with Gasteiger partial charge in [-0.2, -0.15) is 0 Å². The second kappa shape index (κ2) is 13.2. The lowest BCUT2D eigenvalue weighted by molar-refractivity contribution is -0.117.